The highest BCUT2D eigenvalue weighted by Crippen LogP contribution is 2.30. The summed E-state index contributed by atoms with van der Waals surface area (Å²) in [5, 5.41) is 24.7. The number of ether oxygens (including phenoxy) is 1. The molecule has 0 spiro atoms. The first kappa shape index (κ1) is 25.8. The smallest absolute Gasteiger partial charge is 0.328 e. The number of carboxylic acids is 1. The van der Waals surface area contributed by atoms with Gasteiger partial charge in [0.15, 0.2) is 0 Å². The molecule has 4 aromatic rings. The van der Waals surface area contributed by atoms with E-state index in [0.29, 0.717) is 29.5 Å². The molecule has 1 atom stereocenters. The van der Waals surface area contributed by atoms with Crippen molar-refractivity contribution in [2.75, 3.05) is 26.7 Å². The van der Waals surface area contributed by atoms with Crippen LogP contribution in [0.5, 0.6) is 5.88 Å². The Morgan fingerprint density at radius 3 is 2.68 bits per heavy atom. The van der Waals surface area contributed by atoms with Gasteiger partial charge in [-0.25, -0.2) is 14.8 Å². The van der Waals surface area contributed by atoms with E-state index < -0.39 is 12.1 Å². The molecule has 2 aromatic heterocycles. The Morgan fingerprint density at radius 1 is 1.16 bits per heavy atom. The molecule has 1 aliphatic rings. The topological polar surface area (TPSA) is 113 Å². The summed E-state index contributed by atoms with van der Waals surface area (Å²) in [5.41, 5.74) is 4.19. The zero-order chi connectivity index (χ0) is 26.6. The summed E-state index contributed by atoms with van der Waals surface area (Å²) in [5.74, 6) is 0.452. The number of piperidine rings is 1. The summed E-state index contributed by atoms with van der Waals surface area (Å²) in [6.45, 7) is 2.98. The molecule has 2 aromatic carbocycles. The van der Waals surface area contributed by atoms with Crippen LogP contribution in [-0.2, 0) is 18.4 Å². The Kier molecular flexibility index (Phi) is 7.69. The number of aliphatic hydroxyl groups excluding tert-OH is 1. The highest BCUT2D eigenvalue weighted by molar-refractivity contribution is 5.94. The zero-order valence-corrected chi connectivity index (χ0v) is 21.7. The number of aliphatic hydroxyl groups is 1. The van der Waals surface area contributed by atoms with Crippen molar-refractivity contribution >= 4 is 34.0 Å². The molecule has 38 heavy (non-hydrogen) atoms. The fraction of sp³-hybridized carbons (Fsp3) is 0.345. The van der Waals surface area contributed by atoms with Gasteiger partial charge in [-0.3, -0.25) is 0 Å². The second kappa shape index (κ2) is 11.3. The van der Waals surface area contributed by atoms with E-state index in [0.717, 1.165) is 66.4 Å². The lowest BCUT2D eigenvalue weighted by Crippen LogP contribution is -2.43. The third-order valence-electron chi connectivity index (χ3n) is 7.32. The maximum absolute atomic E-state index is 11.2. The van der Waals surface area contributed by atoms with Crippen molar-refractivity contribution in [3.63, 3.8) is 0 Å². The Morgan fingerprint density at radius 2 is 1.95 bits per heavy atom. The van der Waals surface area contributed by atoms with E-state index in [4.69, 9.17) is 14.8 Å². The number of benzene rings is 2. The fourth-order valence-electron chi connectivity index (χ4n) is 5.18. The predicted molar refractivity (Wildman–Crippen MR) is 147 cm³/mol. The number of pyridine rings is 1. The monoisotopic (exact) mass is 515 g/mol. The van der Waals surface area contributed by atoms with Crippen LogP contribution >= 0.6 is 0 Å². The summed E-state index contributed by atoms with van der Waals surface area (Å²) in [7, 11) is 3.60. The average molecular weight is 516 g/mol. The number of aromatic nitrogens is 3. The minimum atomic E-state index is -1.02. The number of hydrogen-bond donors (Lipinski definition) is 3. The Hall–Kier alpha value is -3.79. The maximum Gasteiger partial charge on any atom is 0.328 e. The Balaban J connectivity index is 1.22. The highest BCUT2D eigenvalue weighted by atomic mass is 16.5. The number of likely N-dealkylation sites (tertiary alicyclic amines) is 1. The molecule has 0 aliphatic carbocycles. The number of aliphatic carboxylic acids is 1. The number of nitrogens with one attached hydrogen (secondary N) is 1. The lowest BCUT2D eigenvalue weighted by molar-refractivity contribution is -0.131. The molecule has 0 radical (unpaired) electrons. The molecule has 0 bridgehead atoms. The Labute approximate surface area is 221 Å². The normalized spacial score (nSPS) is 16.0. The third kappa shape index (κ3) is 5.55. The number of carbonyl (C=O) groups is 1. The van der Waals surface area contributed by atoms with Crippen molar-refractivity contribution in [3.8, 4) is 5.88 Å². The number of rotatable bonds is 9. The molecular weight excluding hydrogens is 482 g/mol. The minimum absolute atomic E-state index is 0.398. The summed E-state index contributed by atoms with van der Waals surface area (Å²) >= 11 is 0. The van der Waals surface area contributed by atoms with E-state index in [9.17, 15) is 9.90 Å². The summed E-state index contributed by atoms with van der Waals surface area (Å²) in [6.07, 6.45) is 3.88. The van der Waals surface area contributed by atoms with Gasteiger partial charge in [0.05, 0.1) is 36.3 Å². The van der Waals surface area contributed by atoms with Crippen LogP contribution in [0.1, 0.15) is 35.9 Å². The predicted octanol–water partition coefficient (Wildman–Crippen LogP) is 3.52. The SMILES string of the molecule is COc1ccc2c(/C=C/C(=O)O)ccc(C(O)CN3CCC(NCc4nc5ccccc5n4C)CC3)c2n1. The molecule has 1 aliphatic heterocycles. The number of imidazole rings is 1. The lowest BCUT2D eigenvalue weighted by atomic mass is 9.98. The lowest BCUT2D eigenvalue weighted by Gasteiger charge is -2.33. The third-order valence-corrected chi connectivity index (χ3v) is 7.32. The number of β-amino-alcohol motifs (C(OH)–C–C–N with tert-alkyl or cyclic N) is 1. The maximum atomic E-state index is 11.2. The number of carboxylic acid groups (broad SMARTS) is 1. The van der Waals surface area contributed by atoms with E-state index in [1.54, 1.807) is 19.3 Å². The molecule has 9 heteroatoms. The number of nitrogens with zero attached hydrogens (tertiary/aromatic N) is 4. The van der Waals surface area contributed by atoms with E-state index in [2.05, 4.69) is 32.9 Å². The van der Waals surface area contributed by atoms with Gasteiger partial charge in [0.25, 0.3) is 0 Å². The minimum Gasteiger partial charge on any atom is -0.481 e. The summed E-state index contributed by atoms with van der Waals surface area (Å²) in [4.78, 5) is 22.6. The molecule has 1 unspecified atom stereocenters. The van der Waals surface area contributed by atoms with E-state index in [-0.39, 0.29) is 0 Å². The van der Waals surface area contributed by atoms with Crippen LogP contribution in [0.4, 0.5) is 0 Å². The average Bonchev–Trinajstić information content (AvgIpc) is 3.26. The molecular formula is C29H33N5O4. The van der Waals surface area contributed by atoms with Gasteiger partial charge in [0.2, 0.25) is 5.88 Å². The van der Waals surface area contributed by atoms with Gasteiger partial charge < -0.3 is 29.7 Å². The van der Waals surface area contributed by atoms with Gasteiger partial charge in [-0.1, -0.05) is 24.3 Å². The number of para-hydroxylation sites is 2. The van der Waals surface area contributed by atoms with Crippen molar-refractivity contribution in [1.82, 2.24) is 24.8 Å². The number of fused-ring (bicyclic) bond motifs is 2. The zero-order valence-electron chi connectivity index (χ0n) is 21.7. The van der Waals surface area contributed by atoms with E-state index in [1.165, 1.54) is 0 Å². The van der Waals surface area contributed by atoms with Crippen molar-refractivity contribution in [2.45, 2.75) is 31.5 Å². The molecule has 0 amide bonds. The molecule has 5 rings (SSSR count). The Bertz CT molecular complexity index is 1470. The molecule has 0 saturated carbocycles. The second-order valence-corrected chi connectivity index (χ2v) is 9.71. The summed E-state index contributed by atoms with van der Waals surface area (Å²) < 4.78 is 7.45. The van der Waals surface area contributed by atoms with Gasteiger partial charge >= 0.3 is 5.97 Å². The van der Waals surface area contributed by atoms with Crippen molar-refractivity contribution in [2.24, 2.45) is 7.05 Å². The van der Waals surface area contributed by atoms with Crippen LogP contribution < -0.4 is 10.1 Å². The first-order chi connectivity index (χ1) is 18.4. The largest absolute Gasteiger partial charge is 0.481 e. The van der Waals surface area contributed by atoms with Gasteiger partial charge in [0.1, 0.15) is 5.82 Å². The van der Waals surface area contributed by atoms with Crippen LogP contribution in [0.15, 0.2) is 54.6 Å². The summed E-state index contributed by atoms with van der Waals surface area (Å²) in [6, 6.07) is 15.8. The number of methoxy groups -OCH3 is 1. The highest BCUT2D eigenvalue weighted by Gasteiger charge is 2.23. The fourth-order valence-corrected chi connectivity index (χ4v) is 5.18. The number of aryl methyl sites for hydroxylation is 1. The van der Waals surface area contributed by atoms with E-state index in [1.807, 2.05) is 36.4 Å². The standard InChI is InChI=1S/C29H33N5O4/c1-33-24-6-4-3-5-23(24)31-26(33)17-30-20-13-15-34(16-14-20)18-25(35)22-9-7-19(8-12-28(36)37)21-10-11-27(38-2)32-29(21)22/h3-12,20,25,30,35H,13-18H2,1-2H3,(H,36,37)/b12-8+. The van der Waals surface area contributed by atoms with Gasteiger partial charge in [0, 0.05) is 42.7 Å². The van der Waals surface area contributed by atoms with Crippen molar-refractivity contribution in [1.29, 1.82) is 0 Å². The van der Waals surface area contributed by atoms with E-state index >= 15 is 0 Å². The van der Waals surface area contributed by atoms with Gasteiger partial charge in [-0.2, -0.15) is 0 Å². The second-order valence-electron chi connectivity index (χ2n) is 9.71. The van der Waals surface area contributed by atoms with Crippen molar-refractivity contribution < 1.29 is 19.7 Å². The molecule has 1 fully saturated rings. The van der Waals surface area contributed by atoms with Crippen LogP contribution in [0.3, 0.4) is 0 Å². The molecule has 3 N–H and O–H groups in total. The first-order valence-electron chi connectivity index (χ1n) is 12.9. The molecule has 1 saturated heterocycles. The molecule has 198 valence electrons. The first-order valence-corrected chi connectivity index (χ1v) is 12.9. The van der Waals surface area contributed by atoms with Crippen LogP contribution in [0.2, 0.25) is 0 Å². The molecule has 9 nitrogen and oxygen atoms in total. The van der Waals surface area contributed by atoms with Gasteiger partial charge in [-0.15, -0.1) is 0 Å². The van der Waals surface area contributed by atoms with Gasteiger partial charge in [-0.05, 0) is 55.8 Å². The number of hydrogen-bond acceptors (Lipinski definition) is 7. The van der Waals surface area contributed by atoms with Crippen LogP contribution in [0.25, 0.3) is 28.0 Å². The van der Waals surface area contributed by atoms with Crippen LogP contribution in [-0.4, -0.2) is 68.4 Å². The quantitative estimate of drug-likeness (QED) is 0.290. The molecule has 3 heterocycles. The van der Waals surface area contributed by atoms with Crippen LogP contribution in [0, 0.1) is 0 Å². The van der Waals surface area contributed by atoms with Crippen molar-refractivity contribution in [3.05, 3.63) is 71.6 Å².